The molecular weight excluding hydrogens is 442 g/mol. The van der Waals surface area contributed by atoms with E-state index in [0.29, 0.717) is 34.3 Å². The minimum absolute atomic E-state index is 0.0533. The Hall–Kier alpha value is -2.31. The molecular formula is C23H27Cl2FN2O3. The summed E-state index contributed by atoms with van der Waals surface area (Å²) >= 11 is 12.6. The van der Waals surface area contributed by atoms with E-state index in [-0.39, 0.29) is 25.0 Å². The molecule has 0 saturated heterocycles. The van der Waals surface area contributed by atoms with Gasteiger partial charge in [0, 0.05) is 28.7 Å². The van der Waals surface area contributed by atoms with Gasteiger partial charge in [-0.2, -0.15) is 0 Å². The van der Waals surface area contributed by atoms with Gasteiger partial charge in [-0.15, -0.1) is 0 Å². The van der Waals surface area contributed by atoms with Crippen molar-refractivity contribution in [1.82, 2.24) is 10.2 Å². The molecule has 5 nitrogen and oxygen atoms in total. The molecule has 0 radical (unpaired) electrons. The summed E-state index contributed by atoms with van der Waals surface area (Å²) in [4.78, 5) is 27.4. The molecule has 0 aliphatic carbocycles. The Bertz CT molecular complexity index is 871. The van der Waals surface area contributed by atoms with E-state index in [9.17, 15) is 14.0 Å². The largest absolute Gasteiger partial charge is 0.484 e. The average Bonchev–Trinajstić information content (AvgIpc) is 2.73. The molecule has 2 rings (SSSR count). The average molecular weight is 469 g/mol. The molecule has 0 aromatic heterocycles. The van der Waals surface area contributed by atoms with Crippen LogP contribution in [0.5, 0.6) is 5.75 Å². The van der Waals surface area contributed by atoms with Crippen molar-refractivity contribution in [3.63, 3.8) is 0 Å². The summed E-state index contributed by atoms with van der Waals surface area (Å²) in [6, 6.07) is 9.71. The van der Waals surface area contributed by atoms with E-state index in [1.807, 2.05) is 20.8 Å². The van der Waals surface area contributed by atoms with Gasteiger partial charge in [0.25, 0.3) is 5.91 Å². The number of carbonyl (C=O) groups excluding carboxylic acids is 2. The van der Waals surface area contributed by atoms with Crippen molar-refractivity contribution < 1.29 is 18.7 Å². The summed E-state index contributed by atoms with van der Waals surface area (Å²) < 4.78 is 18.6. The van der Waals surface area contributed by atoms with Gasteiger partial charge in [-0.3, -0.25) is 9.59 Å². The van der Waals surface area contributed by atoms with E-state index < -0.39 is 17.8 Å². The molecule has 2 aromatic carbocycles. The molecule has 31 heavy (non-hydrogen) atoms. The molecule has 0 aliphatic rings. The number of halogens is 3. The number of nitrogens with zero attached hydrogens (tertiary/aromatic N) is 1. The van der Waals surface area contributed by atoms with Gasteiger partial charge >= 0.3 is 0 Å². The highest BCUT2D eigenvalue weighted by Crippen LogP contribution is 2.27. The number of benzene rings is 2. The molecule has 0 spiro atoms. The van der Waals surface area contributed by atoms with Crippen LogP contribution < -0.4 is 10.1 Å². The Labute approximate surface area is 192 Å². The van der Waals surface area contributed by atoms with Crippen LogP contribution in [0.3, 0.4) is 0 Å². The highest BCUT2D eigenvalue weighted by Gasteiger charge is 2.30. The first-order valence-corrected chi connectivity index (χ1v) is 10.9. The van der Waals surface area contributed by atoms with Crippen LogP contribution in [0.1, 0.15) is 32.8 Å². The number of amides is 2. The molecule has 8 heteroatoms. The van der Waals surface area contributed by atoms with Crippen molar-refractivity contribution in [2.75, 3.05) is 13.2 Å². The van der Waals surface area contributed by atoms with Crippen LogP contribution in [0.2, 0.25) is 10.0 Å². The molecule has 2 amide bonds. The van der Waals surface area contributed by atoms with E-state index in [0.717, 1.165) is 0 Å². The van der Waals surface area contributed by atoms with Gasteiger partial charge in [-0.05, 0) is 48.7 Å². The predicted octanol–water partition coefficient (Wildman–Crippen LogP) is 5.09. The second-order valence-electron chi connectivity index (χ2n) is 7.53. The summed E-state index contributed by atoms with van der Waals surface area (Å²) in [6.07, 6.45) is 0.397. The molecule has 0 bridgehead atoms. The maximum Gasteiger partial charge on any atom is 0.261 e. The lowest BCUT2D eigenvalue weighted by Gasteiger charge is -2.31. The molecule has 0 heterocycles. The SMILES string of the molecule is CC[C@@H](C(=O)NCC(C)C)N(Cc1c(Cl)cccc1Cl)C(=O)COc1ccc(F)cc1. The van der Waals surface area contributed by atoms with Crippen LogP contribution in [0.4, 0.5) is 4.39 Å². The number of carbonyl (C=O) groups is 2. The normalized spacial score (nSPS) is 11.8. The van der Waals surface area contributed by atoms with E-state index >= 15 is 0 Å². The van der Waals surface area contributed by atoms with Crippen molar-refractivity contribution in [3.8, 4) is 5.75 Å². The van der Waals surface area contributed by atoms with E-state index in [1.165, 1.54) is 29.2 Å². The molecule has 1 N–H and O–H groups in total. The van der Waals surface area contributed by atoms with Gasteiger partial charge in [0.1, 0.15) is 17.6 Å². The fourth-order valence-corrected chi connectivity index (χ4v) is 3.47. The van der Waals surface area contributed by atoms with Crippen LogP contribution in [0, 0.1) is 11.7 Å². The summed E-state index contributed by atoms with van der Waals surface area (Å²) in [7, 11) is 0. The van der Waals surface area contributed by atoms with Gasteiger partial charge in [0.15, 0.2) is 6.61 Å². The first-order valence-electron chi connectivity index (χ1n) is 10.1. The van der Waals surface area contributed by atoms with Crippen molar-refractivity contribution in [2.24, 2.45) is 5.92 Å². The van der Waals surface area contributed by atoms with Crippen LogP contribution in [-0.4, -0.2) is 35.9 Å². The second kappa shape index (κ2) is 11.9. The standard InChI is InChI=1S/C23H27Cl2FN2O3/c1-4-21(23(30)27-12-15(2)3)28(13-18-19(24)6-5-7-20(18)25)22(29)14-31-17-10-8-16(26)9-11-17/h5-11,15,21H,4,12-14H2,1-3H3,(H,27,30)/t21-/m0/s1. The van der Waals surface area contributed by atoms with Crippen LogP contribution >= 0.6 is 23.2 Å². The number of nitrogens with one attached hydrogen (secondary N) is 1. The fourth-order valence-electron chi connectivity index (χ4n) is 2.95. The van der Waals surface area contributed by atoms with Gasteiger partial charge < -0.3 is 15.0 Å². The molecule has 1 atom stereocenters. The lowest BCUT2D eigenvalue weighted by Crippen LogP contribution is -2.50. The van der Waals surface area contributed by atoms with Gasteiger partial charge in [0.05, 0.1) is 0 Å². The zero-order valence-electron chi connectivity index (χ0n) is 17.8. The first-order chi connectivity index (χ1) is 14.7. The third-order valence-electron chi connectivity index (χ3n) is 4.64. The van der Waals surface area contributed by atoms with E-state index in [4.69, 9.17) is 27.9 Å². The quantitative estimate of drug-likeness (QED) is 0.528. The number of rotatable bonds is 10. The summed E-state index contributed by atoms with van der Waals surface area (Å²) in [5, 5.41) is 3.69. The Morgan fingerprint density at radius 1 is 1.10 bits per heavy atom. The van der Waals surface area contributed by atoms with Crippen molar-refractivity contribution in [2.45, 2.75) is 39.8 Å². The summed E-state index contributed by atoms with van der Waals surface area (Å²) in [6.45, 7) is 6.04. The zero-order valence-corrected chi connectivity index (χ0v) is 19.3. The number of hydrogen-bond donors (Lipinski definition) is 1. The van der Waals surface area contributed by atoms with Crippen molar-refractivity contribution in [1.29, 1.82) is 0 Å². The summed E-state index contributed by atoms with van der Waals surface area (Å²) in [5.74, 6) is -0.448. The lowest BCUT2D eigenvalue weighted by molar-refractivity contribution is -0.143. The third kappa shape index (κ3) is 7.40. The molecule has 168 valence electrons. The molecule has 0 aliphatic heterocycles. The third-order valence-corrected chi connectivity index (χ3v) is 5.34. The number of ether oxygens (including phenoxy) is 1. The maximum absolute atomic E-state index is 13.1. The van der Waals surface area contributed by atoms with E-state index in [1.54, 1.807) is 18.2 Å². The Morgan fingerprint density at radius 3 is 2.26 bits per heavy atom. The molecule has 0 saturated carbocycles. The molecule has 2 aromatic rings. The predicted molar refractivity (Wildman–Crippen MR) is 121 cm³/mol. The van der Waals surface area contributed by atoms with Crippen LogP contribution in [0.15, 0.2) is 42.5 Å². The highest BCUT2D eigenvalue weighted by molar-refractivity contribution is 6.36. The van der Waals surface area contributed by atoms with Gasteiger partial charge in [-0.25, -0.2) is 4.39 Å². The summed E-state index contributed by atoms with van der Waals surface area (Å²) in [5.41, 5.74) is 0.552. The highest BCUT2D eigenvalue weighted by atomic mass is 35.5. The minimum Gasteiger partial charge on any atom is -0.484 e. The monoisotopic (exact) mass is 468 g/mol. The lowest BCUT2D eigenvalue weighted by atomic mass is 10.1. The first kappa shape index (κ1) is 25.0. The maximum atomic E-state index is 13.1. The fraction of sp³-hybridized carbons (Fsp3) is 0.391. The van der Waals surface area contributed by atoms with E-state index in [2.05, 4.69) is 5.32 Å². The second-order valence-corrected chi connectivity index (χ2v) is 8.34. The van der Waals surface area contributed by atoms with Crippen LogP contribution in [0.25, 0.3) is 0 Å². The minimum atomic E-state index is -0.726. The Kier molecular flexibility index (Phi) is 9.59. The zero-order chi connectivity index (χ0) is 23.0. The topological polar surface area (TPSA) is 58.6 Å². The van der Waals surface area contributed by atoms with Crippen LogP contribution in [-0.2, 0) is 16.1 Å². The molecule has 0 fully saturated rings. The molecule has 0 unspecified atom stereocenters. The van der Waals surface area contributed by atoms with Crippen molar-refractivity contribution in [3.05, 3.63) is 63.9 Å². The van der Waals surface area contributed by atoms with Crippen molar-refractivity contribution >= 4 is 35.0 Å². The van der Waals surface area contributed by atoms with Gasteiger partial charge in [-0.1, -0.05) is 50.0 Å². The van der Waals surface area contributed by atoms with Gasteiger partial charge in [0.2, 0.25) is 5.91 Å². The Morgan fingerprint density at radius 2 is 1.71 bits per heavy atom. The number of hydrogen-bond acceptors (Lipinski definition) is 3. The smallest absolute Gasteiger partial charge is 0.261 e. The Balaban J connectivity index is 2.25.